The van der Waals surface area contributed by atoms with E-state index in [0.717, 1.165) is 4.83 Å². The molecule has 60 valence electrons. The zero-order chi connectivity index (χ0) is 7.40. The van der Waals surface area contributed by atoms with Gasteiger partial charge >= 0.3 is 0 Å². The predicted octanol–water partition coefficient (Wildman–Crippen LogP) is 1.82. The highest BCUT2D eigenvalue weighted by atomic mass is 79.9. The van der Waals surface area contributed by atoms with Gasteiger partial charge < -0.3 is 4.90 Å². The van der Waals surface area contributed by atoms with Crippen molar-refractivity contribution < 1.29 is 0 Å². The van der Waals surface area contributed by atoms with Gasteiger partial charge in [-0.05, 0) is 19.2 Å². The Labute approximate surface area is 75.7 Å². The fraction of sp³-hybridized carbons (Fsp3) is 1.00. The number of alkyl halides is 1. The van der Waals surface area contributed by atoms with Crippen LogP contribution in [-0.4, -0.2) is 41.4 Å². The van der Waals surface area contributed by atoms with Gasteiger partial charge in [-0.3, -0.25) is 0 Å². The summed E-state index contributed by atoms with van der Waals surface area (Å²) in [7, 11) is 0. The van der Waals surface area contributed by atoms with Crippen LogP contribution in [0.2, 0.25) is 0 Å². The van der Waals surface area contributed by atoms with Crippen molar-refractivity contribution in [2.24, 2.45) is 0 Å². The Morgan fingerprint density at radius 1 is 1.70 bits per heavy atom. The van der Waals surface area contributed by atoms with E-state index in [1.807, 2.05) is 11.8 Å². The molecule has 1 unspecified atom stereocenters. The summed E-state index contributed by atoms with van der Waals surface area (Å²) < 4.78 is 0. The lowest BCUT2D eigenvalue weighted by Gasteiger charge is -2.12. The highest BCUT2D eigenvalue weighted by molar-refractivity contribution is 9.09. The van der Waals surface area contributed by atoms with Crippen LogP contribution in [-0.2, 0) is 0 Å². The summed E-state index contributed by atoms with van der Waals surface area (Å²) in [6.45, 7) is 3.81. The summed E-state index contributed by atoms with van der Waals surface area (Å²) in [6.07, 6.45) is 3.50. The molecule has 1 aliphatic rings. The second-order valence-electron chi connectivity index (χ2n) is 2.68. The monoisotopic (exact) mass is 223 g/mol. The first-order valence-corrected chi connectivity index (χ1v) is 5.99. The summed E-state index contributed by atoms with van der Waals surface area (Å²) >= 11 is 5.55. The number of hydrogen-bond donors (Lipinski definition) is 0. The molecular weight excluding hydrogens is 210 g/mol. The number of rotatable bonds is 3. The lowest BCUT2D eigenvalue weighted by molar-refractivity contribution is 0.363. The fourth-order valence-electron chi connectivity index (χ4n) is 1.21. The molecule has 0 aromatic carbocycles. The lowest BCUT2D eigenvalue weighted by atomic mass is 10.4. The van der Waals surface area contributed by atoms with Crippen LogP contribution in [0.3, 0.4) is 0 Å². The molecule has 0 amide bonds. The van der Waals surface area contributed by atoms with E-state index in [0.29, 0.717) is 0 Å². The van der Waals surface area contributed by atoms with Crippen LogP contribution < -0.4 is 0 Å². The molecule has 1 atom stereocenters. The Morgan fingerprint density at radius 2 is 2.50 bits per heavy atom. The van der Waals surface area contributed by atoms with Crippen LogP contribution in [0.4, 0.5) is 0 Å². The van der Waals surface area contributed by atoms with E-state index < -0.39 is 0 Å². The molecule has 1 saturated heterocycles. The average Bonchev–Trinajstić information content (AvgIpc) is 2.31. The van der Waals surface area contributed by atoms with Crippen molar-refractivity contribution in [1.82, 2.24) is 4.90 Å². The van der Waals surface area contributed by atoms with E-state index in [4.69, 9.17) is 0 Å². The van der Waals surface area contributed by atoms with Gasteiger partial charge in [-0.1, -0.05) is 15.9 Å². The molecule has 10 heavy (non-hydrogen) atoms. The minimum Gasteiger partial charge on any atom is -0.301 e. The molecule has 0 radical (unpaired) electrons. The largest absolute Gasteiger partial charge is 0.301 e. The van der Waals surface area contributed by atoms with E-state index in [1.54, 1.807) is 0 Å². The summed E-state index contributed by atoms with van der Waals surface area (Å²) in [5.41, 5.74) is 0. The maximum absolute atomic E-state index is 3.62. The molecule has 0 saturated carbocycles. The van der Waals surface area contributed by atoms with Crippen molar-refractivity contribution in [3.63, 3.8) is 0 Å². The SMILES string of the molecule is CSCCN1CCC(Br)C1. The summed E-state index contributed by atoms with van der Waals surface area (Å²) in [5.74, 6) is 1.28. The molecule has 0 spiro atoms. The van der Waals surface area contributed by atoms with Crippen molar-refractivity contribution in [2.45, 2.75) is 11.2 Å². The third kappa shape index (κ3) is 2.81. The molecule has 1 fully saturated rings. The Bertz CT molecular complexity index is 99.6. The van der Waals surface area contributed by atoms with Crippen LogP contribution in [0.15, 0.2) is 0 Å². The molecule has 0 aliphatic carbocycles. The molecule has 1 heterocycles. The van der Waals surface area contributed by atoms with Gasteiger partial charge in [-0.15, -0.1) is 0 Å². The molecule has 1 nitrogen and oxygen atoms in total. The van der Waals surface area contributed by atoms with Gasteiger partial charge in [-0.25, -0.2) is 0 Å². The van der Waals surface area contributed by atoms with Crippen molar-refractivity contribution in [3.05, 3.63) is 0 Å². The van der Waals surface area contributed by atoms with Crippen molar-refractivity contribution in [2.75, 3.05) is 31.6 Å². The average molecular weight is 224 g/mol. The van der Waals surface area contributed by atoms with Gasteiger partial charge in [0.05, 0.1) is 0 Å². The minimum absolute atomic E-state index is 0.759. The van der Waals surface area contributed by atoms with Crippen LogP contribution in [0, 0.1) is 0 Å². The highest BCUT2D eigenvalue weighted by Gasteiger charge is 2.18. The summed E-state index contributed by atoms with van der Waals surface area (Å²) in [6, 6.07) is 0. The second-order valence-corrected chi connectivity index (χ2v) is 4.96. The zero-order valence-corrected chi connectivity index (χ0v) is 8.75. The first-order chi connectivity index (χ1) is 4.83. The normalized spacial score (nSPS) is 27.6. The third-order valence-corrected chi connectivity index (χ3v) is 3.16. The zero-order valence-electron chi connectivity index (χ0n) is 6.35. The van der Waals surface area contributed by atoms with E-state index in [9.17, 15) is 0 Å². The van der Waals surface area contributed by atoms with E-state index in [1.165, 1.54) is 31.8 Å². The topological polar surface area (TPSA) is 3.24 Å². The van der Waals surface area contributed by atoms with Gasteiger partial charge in [0.1, 0.15) is 0 Å². The molecular formula is C7H14BrNS. The predicted molar refractivity (Wildman–Crippen MR) is 52.2 cm³/mol. The van der Waals surface area contributed by atoms with Crippen LogP contribution in [0.1, 0.15) is 6.42 Å². The summed E-state index contributed by atoms with van der Waals surface area (Å²) in [5, 5.41) is 0. The smallest absolute Gasteiger partial charge is 0.0285 e. The van der Waals surface area contributed by atoms with Gasteiger partial charge in [0.2, 0.25) is 0 Å². The van der Waals surface area contributed by atoms with Crippen LogP contribution >= 0.6 is 27.7 Å². The quantitative estimate of drug-likeness (QED) is 0.673. The number of nitrogens with zero attached hydrogens (tertiary/aromatic N) is 1. The van der Waals surface area contributed by atoms with E-state index in [-0.39, 0.29) is 0 Å². The molecule has 0 N–H and O–H groups in total. The van der Waals surface area contributed by atoms with Crippen molar-refractivity contribution in [1.29, 1.82) is 0 Å². The number of hydrogen-bond acceptors (Lipinski definition) is 2. The van der Waals surface area contributed by atoms with Gasteiger partial charge in [0, 0.05) is 23.7 Å². The van der Waals surface area contributed by atoms with E-state index >= 15 is 0 Å². The first kappa shape index (κ1) is 8.88. The molecule has 0 aromatic heterocycles. The first-order valence-electron chi connectivity index (χ1n) is 3.68. The number of halogens is 1. The van der Waals surface area contributed by atoms with Crippen LogP contribution in [0.25, 0.3) is 0 Å². The second kappa shape index (κ2) is 4.62. The Balaban J connectivity index is 2.06. The molecule has 0 aromatic rings. The van der Waals surface area contributed by atoms with Crippen molar-refractivity contribution >= 4 is 27.7 Å². The Kier molecular flexibility index (Phi) is 4.11. The Morgan fingerprint density at radius 3 is 3.00 bits per heavy atom. The molecule has 1 rings (SSSR count). The molecule has 0 bridgehead atoms. The standard InChI is InChI=1S/C7H14BrNS/c1-10-5-4-9-3-2-7(8)6-9/h7H,2-6H2,1H3. The lowest BCUT2D eigenvalue weighted by Crippen LogP contribution is -2.23. The van der Waals surface area contributed by atoms with Crippen LogP contribution in [0.5, 0.6) is 0 Å². The number of thioether (sulfide) groups is 1. The maximum atomic E-state index is 3.62. The Hall–Kier alpha value is 0.790. The molecule has 3 heteroatoms. The summed E-state index contributed by atoms with van der Waals surface area (Å²) in [4.78, 5) is 3.28. The van der Waals surface area contributed by atoms with Gasteiger partial charge in [-0.2, -0.15) is 11.8 Å². The number of likely N-dealkylation sites (tertiary alicyclic amines) is 1. The van der Waals surface area contributed by atoms with E-state index in [2.05, 4.69) is 27.1 Å². The van der Waals surface area contributed by atoms with Crippen molar-refractivity contribution in [3.8, 4) is 0 Å². The van der Waals surface area contributed by atoms with Gasteiger partial charge in [0.25, 0.3) is 0 Å². The highest BCUT2D eigenvalue weighted by Crippen LogP contribution is 2.16. The molecule has 1 aliphatic heterocycles. The third-order valence-electron chi connectivity index (χ3n) is 1.83. The minimum atomic E-state index is 0.759. The van der Waals surface area contributed by atoms with Gasteiger partial charge in [0.15, 0.2) is 0 Å². The fourth-order valence-corrected chi connectivity index (χ4v) is 2.26. The maximum Gasteiger partial charge on any atom is 0.0285 e.